The van der Waals surface area contributed by atoms with Gasteiger partial charge in [-0.1, -0.05) is 6.07 Å². The summed E-state index contributed by atoms with van der Waals surface area (Å²) in [5.74, 6) is -1.01. The number of carbonyl (C=O) groups is 2. The van der Waals surface area contributed by atoms with E-state index in [0.717, 1.165) is 12.1 Å². The average Bonchev–Trinajstić information content (AvgIpc) is 3.26. The van der Waals surface area contributed by atoms with Crippen molar-refractivity contribution in [3.63, 3.8) is 0 Å². The van der Waals surface area contributed by atoms with Gasteiger partial charge in [-0.3, -0.25) is 4.79 Å². The molecule has 0 unspecified atom stereocenters. The molecule has 2 heterocycles. The summed E-state index contributed by atoms with van der Waals surface area (Å²) < 4.78 is 50.6. The quantitative estimate of drug-likeness (QED) is 0.403. The molecule has 176 valence electrons. The van der Waals surface area contributed by atoms with Crippen LogP contribution in [0.3, 0.4) is 0 Å². The zero-order valence-electron chi connectivity index (χ0n) is 18.5. The Morgan fingerprint density at radius 3 is 2.55 bits per heavy atom. The van der Waals surface area contributed by atoms with Crippen molar-refractivity contribution in [1.82, 2.24) is 14.8 Å². The van der Waals surface area contributed by atoms with Crippen LogP contribution in [0.5, 0.6) is 0 Å². The summed E-state index contributed by atoms with van der Waals surface area (Å²) in [5.41, 5.74) is 0.980. The lowest BCUT2D eigenvalue weighted by atomic mass is 10.1. The maximum Gasteiger partial charge on any atom is 0.416 e. The van der Waals surface area contributed by atoms with E-state index < -0.39 is 23.6 Å². The molecule has 1 aromatic carbocycles. The number of benzene rings is 1. The van der Waals surface area contributed by atoms with Gasteiger partial charge in [-0.15, -0.1) is 0 Å². The summed E-state index contributed by atoms with van der Waals surface area (Å²) in [6.07, 6.45) is -4.52. The fourth-order valence-corrected chi connectivity index (χ4v) is 3.35. The zero-order chi connectivity index (χ0) is 24.3. The number of hydrogen-bond acceptors (Lipinski definition) is 5. The van der Waals surface area contributed by atoms with Crippen molar-refractivity contribution in [3.05, 3.63) is 64.1 Å². The first kappa shape index (κ1) is 24.1. The number of rotatable bonds is 7. The van der Waals surface area contributed by atoms with Crippen molar-refractivity contribution in [2.24, 2.45) is 0 Å². The fourth-order valence-electron chi connectivity index (χ4n) is 3.35. The van der Waals surface area contributed by atoms with Gasteiger partial charge in [-0.05, 0) is 44.5 Å². The minimum atomic E-state index is -4.52. The number of halogens is 3. The van der Waals surface area contributed by atoms with Crippen LogP contribution in [-0.2, 0) is 15.7 Å². The van der Waals surface area contributed by atoms with Crippen LogP contribution in [0, 0.1) is 20.8 Å². The lowest BCUT2D eigenvalue weighted by Gasteiger charge is -2.12. The van der Waals surface area contributed by atoms with Gasteiger partial charge in [0, 0.05) is 18.9 Å². The predicted octanol–water partition coefficient (Wildman–Crippen LogP) is 4.20. The number of alkyl halides is 3. The third kappa shape index (κ3) is 5.25. The van der Waals surface area contributed by atoms with Gasteiger partial charge in [0.05, 0.1) is 29.1 Å². The Morgan fingerprint density at radius 2 is 1.88 bits per heavy atom. The number of anilines is 1. The molecule has 0 bridgehead atoms. The second-order valence-electron chi connectivity index (χ2n) is 7.34. The highest BCUT2D eigenvalue weighted by Crippen LogP contribution is 2.31. The van der Waals surface area contributed by atoms with E-state index in [-0.39, 0.29) is 36.0 Å². The molecule has 1 amide bonds. The molecule has 33 heavy (non-hydrogen) atoms. The molecule has 3 rings (SSSR count). The molecule has 2 N–H and O–H groups in total. The van der Waals surface area contributed by atoms with E-state index in [1.165, 1.54) is 30.0 Å². The van der Waals surface area contributed by atoms with Crippen LogP contribution in [0.15, 0.2) is 30.3 Å². The minimum Gasteiger partial charge on any atom is -0.460 e. The molecule has 0 saturated carbocycles. The molecule has 0 aliphatic heterocycles. The highest BCUT2D eigenvalue weighted by atomic mass is 19.4. The lowest BCUT2D eigenvalue weighted by Crippen LogP contribution is -2.17. The summed E-state index contributed by atoms with van der Waals surface area (Å²) in [5, 5.41) is 6.86. The van der Waals surface area contributed by atoms with Gasteiger partial charge < -0.3 is 19.8 Å². The van der Waals surface area contributed by atoms with Crippen molar-refractivity contribution in [1.29, 1.82) is 0 Å². The SMILES string of the molecule is COCCOC(=O)c1c(C)[nH]c(C(=O)Nc2cc(C)nn2-c2cccc(C(F)(F)F)c2)c1C. The molecule has 0 spiro atoms. The molecule has 0 saturated heterocycles. The number of ether oxygens (including phenoxy) is 2. The van der Waals surface area contributed by atoms with E-state index in [1.54, 1.807) is 20.8 Å². The molecule has 2 aromatic heterocycles. The van der Waals surface area contributed by atoms with Gasteiger partial charge in [-0.2, -0.15) is 18.3 Å². The molecule has 0 aliphatic carbocycles. The van der Waals surface area contributed by atoms with Crippen LogP contribution in [0.25, 0.3) is 5.69 Å². The molecule has 3 aromatic rings. The second-order valence-corrected chi connectivity index (χ2v) is 7.34. The van der Waals surface area contributed by atoms with E-state index in [1.807, 2.05) is 0 Å². The summed E-state index contributed by atoms with van der Waals surface area (Å²) in [7, 11) is 1.48. The molecule has 0 fully saturated rings. The van der Waals surface area contributed by atoms with Gasteiger partial charge in [0.15, 0.2) is 0 Å². The standard InChI is InChI=1S/C22H23F3N4O4/c1-12-10-17(29(28-12)16-7-5-6-15(11-16)22(23,24)25)27-20(30)19-13(2)18(14(3)26-19)21(31)33-9-8-32-4/h5-7,10-11,26H,8-9H2,1-4H3,(H,27,30). The summed E-state index contributed by atoms with van der Waals surface area (Å²) in [6.45, 7) is 5.18. The van der Waals surface area contributed by atoms with Crippen molar-refractivity contribution in [3.8, 4) is 5.69 Å². The first-order valence-electron chi connectivity index (χ1n) is 9.93. The number of hydrogen-bond donors (Lipinski definition) is 2. The summed E-state index contributed by atoms with van der Waals surface area (Å²) in [6, 6.07) is 6.15. The van der Waals surface area contributed by atoms with Crippen LogP contribution >= 0.6 is 0 Å². The second kappa shape index (κ2) is 9.49. The number of nitrogens with one attached hydrogen (secondary N) is 2. The number of carbonyl (C=O) groups excluding carboxylic acids is 2. The van der Waals surface area contributed by atoms with Gasteiger partial charge >= 0.3 is 12.1 Å². The van der Waals surface area contributed by atoms with Crippen LogP contribution in [0.1, 0.15) is 43.4 Å². The third-order valence-corrected chi connectivity index (χ3v) is 4.88. The van der Waals surface area contributed by atoms with Crippen LogP contribution < -0.4 is 5.32 Å². The molecule has 11 heteroatoms. The Hall–Kier alpha value is -3.60. The lowest BCUT2D eigenvalue weighted by molar-refractivity contribution is -0.137. The van der Waals surface area contributed by atoms with Gasteiger partial charge in [0.1, 0.15) is 18.1 Å². The van der Waals surface area contributed by atoms with E-state index in [9.17, 15) is 22.8 Å². The fraction of sp³-hybridized carbons (Fsp3) is 0.318. The van der Waals surface area contributed by atoms with E-state index in [2.05, 4.69) is 15.4 Å². The highest BCUT2D eigenvalue weighted by Gasteiger charge is 2.31. The van der Waals surface area contributed by atoms with Crippen LogP contribution in [0.4, 0.5) is 19.0 Å². The predicted molar refractivity (Wildman–Crippen MR) is 114 cm³/mol. The highest BCUT2D eigenvalue weighted by molar-refractivity contribution is 6.06. The monoisotopic (exact) mass is 464 g/mol. The van der Waals surface area contributed by atoms with Crippen molar-refractivity contribution in [2.45, 2.75) is 26.9 Å². The normalized spacial score (nSPS) is 11.5. The zero-order valence-corrected chi connectivity index (χ0v) is 18.5. The van der Waals surface area contributed by atoms with Crippen LogP contribution in [0.2, 0.25) is 0 Å². The summed E-state index contributed by atoms with van der Waals surface area (Å²) in [4.78, 5) is 28.2. The number of amides is 1. The third-order valence-electron chi connectivity index (χ3n) is 4.88. The molecule has 8 nitrogen and oxygen atoms in total. The Kier molecular flexibility index (Phi) is 6.92. The van der Waals surface area contributed by atoms with Crippen molar-refractivity contribution < 1.29 is 32.2 Å². The van der Waals surface area contributed by atoms with E-state index in [0.29, 0.717) is 17.0 Å². The molecule has 0 radical (unpaired) electrons. The number of nitrogens with zero attached hydrogens (tertiary/aromatic N) is 2. The Bertz CT molecular complexity index is 1180. The Labute approximate surface area is 187 Å². The van der Waals surface area contributed by atoms with Gasteiger partial charge in [0.2, 0.25) is 0 Å². The number of esters is 1. The number of aromatic nitrogens is 3. The van der Waals surface area contributed by atoms with Gasteiger partial charge in [0.25, 0.3) is 5.91 Å². The Balaban J connectivity index is 1.89. The molecule has 0 aliphatic rings. The summed E-state index contributed by atoms with van der Waals surface area (Å²) >= 11 is 0. The molecule has 0 atom stereocenters. The van der Waals surface area contributed by atoms with E-state index >= 15 is 0 Å². The smallest absolute Gasteiger partial charge is 0.416 e. The molecular weight excluding hydrogens is 441 g/mol. The van der Waals surface area contributed by atoms with Crippen molar-refractivity contribution >= 4 is 17.7 Å². The Morgan fingerprint density at radius 1 is 1.15 bits per heavy atom. The van der Waals surface area contributed by atoms with Gasteiger partial charge in [-0.25, -0.2) is 9.48 Å². The van der Waals surface area contributed by atoms with Crippen LogP contribution in [-0.4, -0.2) is 47.0 Å². The number of H-pyrrole nitrogens is 1. The first-order valence-corrected chi connectivity index (χ1v) is 9.93. The average molecular weight is 464 g/mol. The maximum absolute atomic E-state index is 13.1. The number of aryl methyl sites for hydroxylation is 2. The number of methoxy groups -OCH3 is 1. The topological polar surface area (TPSA) is 98.2 Å². The minimum absolute atomic E-state index is 0.0658. The van der Waals surface area contributed by atoms with Crippen molar-refractivity contribution in [2.75, 3.05) is 25.6 Å². The largest absolute Gasteiger partial charge is 0.460 e. The first-order chi connectivity index (χ1) is 15.5. The maximum atomic E-state index is 13.1. The number of aromatic amines is 1. The van der Waals surface area contributed by atoms with E-state index in [4.69, 9.17) is 9.47 Å². The molecular formula is C22H23F3N4O4.